The minimum Gasteiger partial charge on any atom is -0.494 e. The lowest BCUT2D eigenvalue weighted by Gasteiger charge is -2.44. The van der Waals surface area contributed by atoms with E-state index in [-0.39, 0.29) is 29.9 Å². The third kappa shape index (κ3) is 5.04. The number of aromatic nitrogens is 2. The first kappa shape index (κ1) is 24.8. The smallest absolute Gasteiger partial charge is 0.359 e. The number of carbonyl (C=O) groups is 3. The third-order valence-electron chi connectivity index (χ3n) is 7.03. The molecule has 0 bridgehead atoms. The first-order valence-corrected chi connectivity index (χ1v) is 12.4. The summed E-state index contributed by atoms with van der Waals surface area (Å²) in [5.41, 5.74) is 0.0225. The van der Waals surface area contributed by atoms with Crippen LogP contribution in [-0.2, 0) is 22.5 Å². The van der Waals surface area contributed by atoms with Gasteiger partial charge in [-0.1, -0.05) is 31.4 Å². The van der Waals surface area contributed by atoms with Gasteiger partial charge >= 0.3 is 5.97 Å². The number of methoxy groups -OCH3 is 1. The van der Waals surface area contributed by atoms with Gasteiger partial charge in [-0.05, 0) is 50.8 Å². The van der Waals surface area contributed by atoms with E-state index < -0.39 is 17.4 Å². The highest BCUT2D eigenvalue weighted by Gasteiger charge is 2.49. The first-order chi connectivity index (χ1) is 16.9. The summed E-state index contributed by atoms with van der Waals surface area (Å²) in [6, 6.07) is 7.84. The molecule has 1 aromatic heterocycles. The zero-order valence-corrected chi connectivity index (χ0v) is 20.7. The summed E-state index contributed by atoms with van der Waals surface area (Å²) in [7, 11) is 1.26. The van der Waals surface area contributed by atoms with Crippen LogP contribution in [0.4, 0.5) is 0 Å². The lowest BCUT2D eigenvalue weighted by Crippen LogP contribution is -2.65. The Morgan fingerprint density at radius 2 is 1.89 bits per heavy atom. The second kappa shape index (κ2) is 10.5. The molecule has 0 spiro atoms. The molecule has 188 valence electrons. The molecule has 1 aliphatic carbocycles. The maximum atomic E-state index is 13.7. The van der Waals surface area contributed by atoms with E-state index in [1.54, 1.807) is 16.4 Å². The van der Waals surface area contributed by atoms with Crippen LogP contribution in [0.15, 0.2) is 30.6 Å². The van der Waals surface area contributed by atoms with Gasteiger partial charge in [-0.3, -0.25) is 9.59 Å². The van der Waals surface area contributed by atoms with E-state index in [4.69, 9.17) is 9.47 Å². The van der Waals surface area contributed by atoms with Gasteiger partial charge in [0.05, 0.1) is 26.6 Å². The number of nitrogens with one attached hydrogen (secondary N) is 1. The summed E-state index contributed by atoms with van der Waals surface area (Å²) < 4.78 is 11.9. The molecule has 9 nitrogen and oxygen atoms in total. The van der Waals surface area contributed by atoms with Crippen molar-refractivity contribution in [2.24, 2.45) is 0 Å². The van der Waals surface area contributed by atoms with E-state index in [0.717, 1.165) is 37.0 Å². The topological polar surface area (TPSA) is 103 Å². The predicted octanol–water partition coefficient (Wildman–Crippen LogP) is 2.97. The van der Waals surface area contributed by atoms with Crippen molar-refractivity contribution < 1.29 is 23.9 Å². The monoisotopic (exact) mass is 482 g/mol. The average molecular weight is 483 g/mol. The van der Waals surface area contributed by atoms with E-state index in [1.165, 1.54) is 19.9 Å². The Kier molecular flexibility index (Phi) is 7.42. The number of fused-ring (bicyclic) bond motifs is 1. The van der Waals surface area contributed by atoms with Gasteiger partial charge < -0.3 is 24.3 Å². The molecule has 9 heteroatoms. The summed E-state index contributed by atoms with van der Waals surface area (Å²) in [6.07, 6.45) is 7.26. The SMILES string of the molecule is CCOc1ccc(CCN2C(=O)c3c(C(=O)OC)ncn3C[C@@]2(C)C(=O)NC2CCCCC2)cc1. The molecule has 35 heavy (non-hydrogen) atoms. The van der Waals surface area contributed by atoms with Gasteiger partial charge in [-0.25, -0.2) is 9.78 Å². The number of benzene rings is 1. The second-order valence-corrected chi connectivity index (χ2v) is 9.43. The van der Waals surface area contributed by atoms with Crippen LogP contribution in [0.3, 0.4) is 0 Å². The standard InChI is InChI=1S/C26H34N4O5/c1-4-35-20-12-10-18(11-13-20)14-15-30-23(31)22-21(24(32)34-3)27-17-29(22)16-26(30,2)25(33)28-19-8-6-5-7-9-19/h10-13,17,19H,4-9,14-16H2,1-3H3,(H,28,33)/t26-/m0/s1. The number of hydrogen-bond acceptors (Lipinski definition) is 6. The molecule has 1 fully saturated rings. The van der Waals surface area contributed by atoms with E-state index in [9.17, 15) is 14.4 Å². The van der Waals surface area contributed by atoms with Crippen molar-refractivity contribution in [2.45, 2.75) is 70.5 Å². The lowest BCUT2D eigenvalue weighted by atomic mass is 9.91. The molecule has 0 radical (unpaired) electrons. The first-order valence-electron chi connectivity index (χ1n) is 12.4. The van der Waals surface area contributed by atoms with Gasteiger partial charge in [0, 0.05) is 12.6 Å². The van der Waals surface area contributed by atoms with Crippen molar-refractivity contribution in [1.29, 1.82) is 0 Å². The molecule has 2 aliphatic rings. The van der Waals surface area contributed by atoms with Crippen LogP contribution in [0.25, 0.3) is 0 Å². The van der Waals surface area contributed by atoms with Gasteiger partial charge in [0.2, 0.25) is 5.91 Å². The second-order valence-electron chi connectivity index (χ2n) is 9.43. The summed E-state index contributed by atoms with van der Waals surface area (Å²) in [5.74, 6) is -0.466. The Morgan fingerprint density at radius 1 is 1.17 bits per heavy atom. The van der Waals surface area contributed by atoms with Gasteiger partial charge in [-0.15, -0.1) is 0 Å². The number of amides is 2. The fourth-order valence-corrected chi connectivity index (χ4v) is 5.03. The van der Waals surface area contributed by atoms with Crippen molar-refractivity contribution in [3.8, 4) is 5.75 Å². The largest absolute Gasteiger partial charge is 0.494 e. The molecule has 1 aliphatic heterocycles. The Hall–Kier alpha value is -3.36. The predicted molar refractivity (Wildman–Crippen MR) is 129 cm³/mol. The molecule has 0 saturated heterocycles. The molecule has 1 N–H and O–H groups in total. The average Bonchev–Trinajstić information content (AvgIpc) is 3.29. The van der Waals surface area contributed by atoms with Crippen molar-refractivity contribution in [1.82, 2.24) is 19.8 Å². The highest BCUT2D eigenvalue weighted by Crippen LogP contribution is 2.30. The minimum absolute atomic E-state index is 0.0293. The van der Waals surface area contributed by atoms with Gasteiger partial charge in [0.15, 0.2) is 5.69 Å². The molecular weight excluding hydrogens is 448 g/mol. The Bertz CT molecular complexity index is 1070. The lowest BCUT2D eigenvalue weighted by molar-refractivity contribution is -0.133. The van der Waals surface area contributed by atoms with Gasteiger partial charge in [0.1, 0.15) is 17.0 Å². The van der Waals surface area contributed by atoms with Crippen LogP contribution < -0.4 is 10.1 Å². The summed E-state index contributed by atoms with van der Waals surface area (Å²) in [4.78, 5) is 45.4. The molecule has 2 heterocycles. The maximum Gasteiger partial charge on any atom is 0.359 e. The van der Waals surface area contributed by atoms with Crippen LogP contribution in [0.2, 0.25) is 0 Å². The number of esters is 1. The fourth-order valence-electron chi connectivity index (χ4n) is 5.03. The normalized spacial score (nSPS) is 20.3. The van der Waals surface area contributed by atoms with Crippen LogP contribution >= 0.6 is 0 Å². The molecule has 1 saturated carbocycles. The molecule has 4 rings (SSSR count). The number of nitrogens with zero attached hydrogens (tertiary/aromatic N) is 3. The number of rotatable bonds is 8. The van der Waals surface area contributed by atoms with Crippen LogP contribution in [0, 0.1) is 0 Å². The Labute approximate surface area is 205 Å². The van der Waals surface area contributed by atoms with Crippen LogP contribution in [0.5, 0.6) is 5.75 Å². The zero-order chi connectivity index (χ0) is 25.0. The zero-order valence-electron chi connectivity index (χ0n) is 20.7. The van der Waals surface area contributed by atoms with Crippen molar-refractivity contribution in [2.75, 3.05) is 20.3 Å². The van der Waals surface area contributed by atoms with E-state index in [0.29, 0.717) is 19.6 Å². The number of carbonyl (C=O) groups excluding carboxylic acids is 3. The van der Waals surface area contributed by atoms with Gasteiger partial charge in [-0.2, -0.15) is 0 Å². The van der Waals surface area contributed by atoms with Crippen molar-refractivity contribution >= 4 is 17.8 Å². The van der Waals surface area contributed by atoms with E-state index >= 15 is 0 Å². The van der Waals surface area contributed by atoms with E-state index in [1.807, 2.05) is 31.2 Å². The Balaban J connectivity index is 1.61. The summed E-state index contributed by atoms with van der Waals surface area (Å²) >= 11 is 0. The molecule has 2 amide bonds. The number of ether oxygens (including phenoxy) is 2. The molecule has 0 unspecified atom stereocenters. The van der Waals surface area contributed by atoms with E-state index in [2.05, 4.69) is 10.3 Å². The fraction of sp³-hybridized carbons (Fsp3) is 0.538. The molecular formula is C26H34N4O5. The third-order valence-corrected chi connectivity index (χ3v) is 7.03. The molecule has 1 atom stereocenters. The quantitative estimate of drug-likeness (QED) is 0.581. The number of hydrogen-bond donors (Lipinski definition) is 1. The van der Waals surface area contributed by atoms with Crippen LogP contribution in [0.1, 0.15) is 72.5 Å². The Morgan fingerprint density at radius 3 is 2.54 bits per heavy atom. The van der Waals surface area contributed by atoms with Crippen molar-refractivity contribution in [3.05, 3.63) is 47.5 Å². The minimum atomic E-state index is -1.12. The number of imidazole rings is 1. The van der Waals surface area contributed by atoms with Crippen molar-refractivity contribution in [3.63, 3.8) is 0 Å². The summed E-state index contributed by atoms with van der Waals surface area (Å²) in [5, 5.41) is 3.20. The van der Waals surface area contributed by atoms with Crippen LogP contribution in [-0.4, -0.2) is 64.1 Å². The highest BCUT2D eigenvalue weighted by atomic mass is 16.5. The molecule has 2 aromatic rings. The summed E-state index contributed by atoms with van der Waals surface area (Å²) in [6.45, 7) is 4.84. The maximum absolute atomic E-state index is 13.7. The molecule has 1 aromatic carbocycles. The highest BCUT2D eigenvalue weighted by molar-refractivity contribution is 6.06. The van der Waals surface area contributed by atoms with Gasteiger partial charge in [0.25, 0.3) is 5.91 Å².